The van der Waals surface area contributed by atoms with Crippen molar-refractivity contribution in [3.63, 3.8) is 0 Å². The molecule has 0 saturated carbocycles. The minimum atomic E-state index is 0.633. The number of benzene rings is 2. The van der Waals surface area contributed by atoms with Crippen LogP contribution in [0, 0.1) is 12.5 Å². The Hall–Kier alpha value is -3.95. The van der Waals surface area contributed by atoms with Gasteiger partial charge in [0.2, 0.25) is 0 Å². The molecule has 3 aromatic heterocycles. The summed E-state index contributed by atoms with van der Waals surface area (Å²) in [4.78, 5) is 15.9. The van der Waals surface area contributed by atoms with Gasteiger partial charge in [-0.2, -0.15) is 0 Å². The molecule has 2 aromatic carbocycles. The molecule has 0 atom stereocenters. The number of hydrogen-bond donors (Lipinski definition) is 0. The van der Waals surface area contributed by atoms with E-state index in [4.69, 9.17) is 16.5 Å². The van der Waals surface area contributed by atoms with Crippen molar-refractivity contribution in [2.24, 2.45) is 13.0 Å². The maximum Gasteiger partial charge on any atom is 0.187 e. The van der Waals surface area contributed by atoms with Crippen LogP contribution in [0.1, 0.15) is 12.8 Å². The zero-order valence-corrected chi connectivity index (χ0v) is 20.1. The van der Waals surface area contributed by atoms with Crippen LogP contribution in [0.5, 0.6) is 0 Å². The molecule has 6 nitrogen and oxygen atoms in total. The number of nitrogens with zero attached hydrogens (tertiary/aromatic N) is 6. The van der Waals surface area contributed by atoms with E-state index in [1.807, 2.05) is 36.8 Å². The lowest BCUT2D eigenvalue weighted by molar-refractivity contribution is 0.206. The van der Waals surface area contributed by atoms with Crippen molar-refractivity contribution in [2.75, 3.05) is 20.1 Å². The second kappa shape index (κ2) is 8.68. The zero-order chi connectivity index (χ0) is 23.9. The first-order valence-corrected chi connectivity index (χ1v) is 12.2. The summed E-state index contributed by atoms with van der Waals surface area (Å²) in [7, 11) is 4.26. The average molecular weight is 461 g/mol. The third-order valence-corrected chi connectivity index (χ3v) is 7.40. The molecule has 35 heavy (non-hydrogen) atoms. The molecule has 1 saturated heterocycles. The molecule has 0 radical (unpaired) electrons. The van der Waals surface area contributed by atoms with Crippen molar-refractivity contribution in [1.29, 1.82) is 0 Å². The van der Waals surface area contributed by atoms with Crippen molar-refractivity contribution in [3.05, 3.63) is 78.7 Å². The minimum absolute atomic E-state index is 0.633. The molecule has 1 aliphatic rings. The van der Waals surface area contributed by atoms with E-state index < -0.39 is 0 Å². The third-order valence-electron chi connectivity index (χ3n) is 7.40. The van der Waals surface area contributed by atoms with E-state index in [-0.39, 0.29) is 0 Å². The number of imidazole rings is 1. The Morgan fingerprint density at radius 3 is 2.49 bits per heavy atom. The Kier molecular flexibility index (Phi) is 5.35. The molecular formula is C29H28N6. The summed E-state index contributed by atoms with van der Waals surface area (Å²) in [6, 6.07) is 16.4. The molecule has 1 aliphatic heterocycles. The van der Waals surface area contributed by atoms with Gasteiger partial charge in [0.05, 0.1) is 30.3 Å². The fourth-order valence-corrected chi connectivity index (χ4v) is 5.31. The highest BCUT2D eigenvalue weighted by atomic mass is 15.1. The van der Waals surface area contributed by atoms with Crippen LogP contribution in [0.25, 0.3) is 49.2 Å². The molecule has 4 heterocycles. The number of likely N-dealkylation sites (tertiary alicyclic amines) is 1. The van der Waals surface area contributed by atoms with Crippen LogP contribution in [0.4, 0.5) is 5.69 Å². The quantitative estimate of drug-likeness (QED) is 0.302. The summed E-state index contributed by atoms with van der Waals surface area (Å²) < 4.78 is 4.41. The number of aromatic nitrogens is 4. The zero-order valence-electron chi connectivity index (χ0n) is 20.1. The van der Waals surface area contributed by atoms with Gasteiger partial charge in [0.15, 0.2) is 5.69 Å². The highest BCUT2D eigenvalue weighted by Gasteiger charge is 2.21. The van der Waals surface area contributed by atoms with Crippen LogP contribution < -0.4 is 0 Å². The number of piperidine rings is 1. The summed E-state index contributed by atoms with van der Waals surface area (Å²) >= 11 is 0. The van der Waals surface area contributed by atoms with Gasteiger partial charge in [-0.15, -0.1) is 0 Å². The molecule has 0 amide bonds. The molecule has 0 bridgehead atoms. The Morgan fingerprint density at radius 1 is 0.943 bits per heavy atom. The lowest BCUT2D eigenvalue weighted by Crippen LogP contribution is -2.31. The smallest absolute Gasteiger partial charge is 0.187 e. The molecule has 0 spiro atoms. The first-order valence-electron chi connectivity index (χ1n) is 12.2. The van der Waals surface area contributed by atoms with Gasteiger partial charge in [-0.1, -0.05) is 30.3 Å². The third kappa shape index (κ3) is 3.88. The van der Waals surface area contributed by atoms with E-state index in [1.165, 1.54) is 23.7 Å². The Morgan fingerprint density at radius 2 is 1.71 bits per heavy atom. The normalized spacial score (nSPS) is 15.1. The van der Waals surface area contributed by atoms with Gasteiger partial charge in [-0.05, 0) is 62.7 Å². The van der Waals surface area contributed by atoms with Gasteiger partial charge in [-0.25, -0.2) is 9.83 Å². The van der Waals surface area contributed by atoms with Gasteiger partial charge < -0.3 is 14.0 Å². The van der Waals surface area contributed by atoms with E-state index in [0.29, 0.717) is 11.6 Å². The van der Waals surface area contributed by atoms with E-state index in [1.54, 1.807) is 0 Å². The minimum Gasteiger partial charge on any atom is -0.351 e. The van der Waals surface area contributed by atoms with Crippen molar-refractivity contribution >= 4 is 27.6 Å². The Balaban J connectivity index is 1.49. The van der Waals surface area contributed by atoms with Crippen molar-refractivity contribution in [3.8, 4) is 22.4 Å². The van der Waals surface area contributed by atoms with Gasteiger partial charge in [-0.3, -0.25) is 4.98 Å². The lowest BCUT2D eigenvalue weighted by Gasteiger charge is -2.29. The lowest BCUT2D eigenvalue weighted by atomic mass is 9.96. The standard InChI is InChI=1S/C29H28N6/c1-30-24-7-4-21(5-8-24)27-28(23-6-9-25-22(16-23)12-15-34(25)3)31-17-26-29(27)32-19-35(26)18-20-10-13-33(2)14-11-20/h4-9,12,15-17,19-20H,10-11,13-14,18H2,2-3H3. The Bertz CT molecular complexity index is 1560. The summed E-state index contributed by atoms with van der Waals surface area (Å²) in [5.41, 5.74) is 7.90. The molecular weight excluding hydrogens is 432 g/mol. The molecule has 6 rings (SSSR count). The number of hydrogen-bond acceptors (Lipinski definition) is 3. The number of aryl methyl sites for hydroxylation is 1. The Labute approximate surface area is 205 Å². The van der Waals surface area contributed by atoms with Crippen molar-refractivity contribution in [1.82, 2.24) is 24.0 Å². The van der Waals surface area contributed by atoms with E-state index >= 15 is 0 Å². The summed E-state index contributed by atoms with van der Waals surface area (Å²) in [6.45, 7) is 10.6. The molecule has 0 unspecified atom stereocenters. The van der Waals surface area contributed by atoms with Crippen LogP contribution >= 0.6 is 0 Å². The first kappa shape index (κ1) is 21.6. The van der Waals surface area contributed by atoms with Crippen molar-refractivity contribution < 1.29 is 0 Å². The topological polar surface area (TPSA) is 43.2 Å². The highest BCUT2D eigenvalue weighted by Crippen LogP contribution is 2.38. The molecule has 1 fully saturated rings. The van der Waals surface area contributed by atoms with Gasteiger partial charge >= 0.3 is 0 Å². The average Bonchev–Trinajstić information content (AvgIpc) is 3.48. The van der Waals surface area contributed by atoms with Gasteiger partial charge in [0.25, 0.3) is 0 Å². The van der Waals surface area contributed by atoms with Crippen LogP contribution in [-0.4, -0.2) is 44.1 Å². The van der Waals surface area contributed by atoms with Crippen LogP contribution in [-0.2, 0) is 13.6 Å². The monoisotopic (exact) mass is 460 g/mol. The second-order valence-electron chi connectivity index (χ2n) is 9.72. The highest BCUT2D eigenvalue weighted by molar-refractivity contribution is 6.00. The maximum absolute atomic E-state index is 7.34. The largest absolute Gasteiger partial charge is 0.351 e. The summed E-state index contributed by atoms with van der Waals surface area (Å²) in [5.74, 6) is 0.658. The van der Waals surface area contributed by atoms with E-state index in [2.05, 4.69) is 63.4 Å². The summed E-state index contributed by atoms with van der Waals surface area (Å²) in [6.07, 6.45) is 8.47. The summed E-state index contributed by atoms with van der Waals surface area (Å²) in [5, 5.41) is 1.19. The van der Waals surface area contributed by atoms with E-state index in [9.17, 15) is 0 Å². The molecule has 5 aromatic rings. The fraction of sp³-hybridized carbons (Fsp3) is 0.276. The van der Waals surface area contributed by atoms with Crippen molar-refractivity contribution in [2.45, 2.75) is 19.4 Å². The molecule has 174 valence electrons. The predicted molar refractivity (Wildman–Crippen MR) is 141 cm³/mol. The number of fused-ring (bicyclic) bond motifs is 2. The number of rotatable bonds is 4. The first-order chi connectivity index (χ1) is 17.1. The van der Waals surface area contributed by atoms with Crippen LogP contribution in [0.2, 0.25) is 0 Å². The van der Waals surface area contributed by atoms with Crippen LogP contribution in [0.3, 0.4) is 0 Å². The van der Waals surface area contributed by atoms with Gasteiger partial charge in [0.1, 0.15) is 5.52 Å². The predicted octanol–water partition coefficient (Wildman–Crippen LogP) is 6.15. The number of pyridine rings is 1. The molecule has 0 aliphatic carbocycles. The fourth-order valence-electron chi connectivity index (χ4n) is 5.31. The van der Waals surface area contributed by atoms with E-state index in [0.717, 1.165) is 53.1 Å². The maximum atomic E-state index is 7.34. The van der Waals surface area contributed by atoms with Crippen LogP contribution in [0.15, 0.2) is 67.3 Å². The SMILES string of the molecule is [C-]#[N+]c1ccc(-c2c(-c3ccc4c(ccn4C)c3)ncc3c2ncn3CC2CCN(C)CC2)cc1. The van der Waals surface area contributed by atoms with Gasteiger partial charge in [0, 0.05) is 41.8 Å². The second-order valence-corrected chi connectivity index (χ2v) is 9.72. The molecule has 0 N–H and O–H groups in total. The molecule has 6 heteroatoms.